The summed E-state index contributed by atoms with van der Waals surface area (Å²) in [5.41, 5.74) is 6.93. The van der Waals surface area contributed by atoms with E-state index in [0.717, 1.165) is 22.9 Å². The highest BCUT2D eigenvalue weighted by atomic mass is 79.9. The van der Waals surface area contributed by atoms with Gasteiger partial charge in [-0.25, -0.2) is 0 Å². The van der Waals surface area contributed by atoms with Gasteiger partial charge in [-0.15, -0.1) is 12.3 Å². The van der Waals surface area contributed by atoms with Crippen LogP contribution in [0.15, 0.2) is 16.6 Å². The van der Waals surface area contributed by atoms with Gasteiger partial charge in [-0.3, -0.25) is 0 Å². The first kappa shape index (κ1) is 15.9. The largest absolute Gasteiger partial charge is 0.493 e. The molecule has 1 unspecified atom stereocenters. The van der Waals surface area contributed by atoms with Crippen molar-refractivity contribution < 1.29 is 9.47 Å². The summed E-state index contributed by atoms with van der Waals surface area (Å²) in [5, 5.41) is 0. The molecule has 0 heterocycles. The lowest BCUT2D eigenvalue weighted by Crippen LogP contribution is -2.17. The zero-order valence-electron chi connectivity index (χ0n) is 11.4. The van der Waals surface area contributed by atoms with E-state index < -0.39 is 0 Å². The Morgan fingerprint density at radius 3 is 2.79 bits per heavy atom. The van der Waals surface area contributed by atoms with Crippen LogP contribution in [0, 0.1) is 12.3 Å². The summed E-state index contributed by atoms with van der Waals surface area (Å²) in [6, 6.07) is 4.09. The summed E-state index contributed by atoms with van der Waals surface area (Å²) in [4.78, 5) is 0. The average Bonchev–Trinajstić information content (AvgIpc) is 2.35. The fraction of sp³-hybridized carbons (Fsp3) is 0.467. The van der Waals surface area contributed by atoms with Crippen molar-refractivity contribution in [2.24, 2.45) is 5.73 Å². The molecule has 1 atom stereocenters. The Morgan fingerprint density at radius 1 is 1.47 bits per heavy atom. The quantitative estimate of drug-likeness (QED) is 0.618. The van der Waals surface area contributed by atoms with E-state index >= 15 is 0 Å². The molecule has 0 aromatic heterocycles. The number of rotatable bonds is 7. The van der Waals surface area contributed by atoms with Crippen LogP contribution in [0.5, 0.6) is 11.5 Å². The molecule has 1 aromatic carbocycles. The summed E-state index contributed by atoms with van der Waals surface area (Å²) >= 11 is 3.51. The summed E-state index contributed by atoms with van der Waals surface area (Å²) in [6.45, 7) is 2.55. The highest BCUT2D eigenvalue weighted by Gasteiger charge is 2.12. The van der Waals surface area contributed by atoms with Gasteiger partial charge in [0.1, 0.15) is 0 Å². The van der Waals surface area contributed by atoms with Crippen LogP contribution in [0.2, 0.25) is 0 Å². The second kappa shape index (κ2) is 8.08. The fourth-order valence-electron chi connectivity index (χ4n) is 1.75. The fourth-order valence-corrected chi connectivity index (χ4v) is 2.36. The van der Waals surface area contributed by atoms with E-state index in [4.69, 9.17) is 21.6 Å². The van der Waals surface area contributed by atoms with Gasteiger partial charge >= 0.3 is 0 Å². The molecule has 19 heavy (non-hydrogen) atoms. The Labute approximate surface area is 123 Å². The zero-order chi connectivity index (χ0) is 14.3. The number of ether oxygens (including phenoxy) is 2. The molecule has 104 valence electrons. The van der Waals surface area contributed by atoms with Crippen molar-refractivity contribution in [1.29, 1.82) is 0 Å². The lowest BCUT2D eigenvalue weighted by molar-refractivity contribution is 0.289. The maximum Gasteiger partial charge on any atom is 0.175 e. The number of terminal acetylenes is 1. The minimum Gasteiger partial charge on any atom is -0.493 e. The zero-order valence-corrected chi connectivity index (χ0v) is 13.0. The number of hydrogen-bond acceptors (Lipinski definition) is 3. The molecule has 1 aromatic rings. The lowest BCUT2D eigenvalue weighted by Gasteiger charge is -2.15. The van der Waals surface area contributed by atoms with Gasteiger partial charge in [0.25, 0.3) is 0 Å². The molecule has 0 amide bonds. The predicted octanol–water partition coefficient (Wildman–Crippen LogP) is 3.14. The van der Waals surface area contributed by atoms with Crippen molar-refractivity contribution in [3.8, 4) is 23.8 Å². The van der Waals surface area contributed by atoms with Crippen LogP contribution in [0.25, 0.3) is 0 Å². The third kappa shape index (κ3) is 5.14. The summed E-state index contributed by atoms with van der Waals surface area (Å²) < 4.78 is 12.0. The molecule has 0 radical (unpaired) electrons. The third-order valence-electron chi connectivity index (χ3n) is 2.56. The Hall–Kier alpha value is -1.18. The van der Waals surface area contributed by atoms with Crippen molar-refractivity contribution in [3.05, 3.63) is 22.2 Å². The van der Waals surface area contributed by atoms with Crippen molar-refractivity contribution in [3.63, 3.8) is 0 Å². The van der Waals surface area contributed by atoms with Crippen LogP contribution < -0.4 is 15.2 Å². The molecule has 3 nitrogen and oxygen atoms in total. The monoisotopic (exact) mass is 325 g/mol. The first-order chi connectivity index (χ1) is 9.08. The van der Waals surface area contributed by atoms with E-state index in [-0.39, 0.29) is 6.04 Å². The molecule has 4 heteroatoms. The molecule has 0 aliphatic heterocycles. The number of nitrogens with two attached hydrogens (primary N) is 1. The Bertz CT molecular complexity index is 452. The summed E-state index contributed by atoms with van der Waals surface area (Å²) in [5.74, 6) is 4.02. The normalized spacial score (nSPS) is 11.7. The maximum absolute atomic E-state index is 5.81. The van der Waals surface area contributed by atoms with Gasteiger partial charge in [0.2, 0.25) is 0 Å². The molecular weight excluding hydrogens is 306 g/mol. The lowest BCUT2D eigenvalue weighted by atomic mass is 10.1. The van der Waals surface area contributed by atoms with Gasteiger partial charge in [0.15, 0.2) is 11.5 Å². The molecule has 0 saturated carbocycles. The Balaban J connectivity index is 2.83. The van der Waals surface area contributed by atoms with E-state index in [2.05, 4.69) is 21.9 Å². The molecular formula is C15H20BrNO2. The van der Waals surface area contributed by atoms with Crippen LogP contribution in [-0.4, -0.2) is 19.8 Å². The predicted molar refractivity (Wildman–Crippen MR) is 81.6 cm³/mol. The van der Waals surface area contributed by atoms with E-state index in [0.29, 0.717) is 24.5 Å². The van der Waals surface area contributed by atoms with Gasteiger partial charge < -0.3 is 15.2 Å². The maximum atomic E-state index is 5.81. The van der Waals surface area contributed by atoms with E-state index in [9.17, 15) is 0 Å². The highest BCUT2D eigenvalue weighted by Crippen LogP contribution is 2.37. The molecule has 2 N–H and O–H groups in total. The van der Waals surface area contributed by atoms with Crippen LogP contribution in [0.4, 0.5) is 0 Å². The average molecular weight is 326 g/mol. The van der Waals surface area contributed by atoms with E-state index in [1.807, 2.05) is 19.1 Å². The van der Waals surface area contributed by atoms with Crippen LogP contribution in [-0.2, 0) is 6.42 Å². The first-order valence-corrected chi connectivity index (χ1v) is 7.06. The van der Waals surface area contributed by atoms with Gasteiger partial charge in [-0.1, -0.05) is 0 Å². The van der Waals surface area contributed by atoms with E-state index in [1.165, 1.54) is 0 Å². The van der Waals surface area contributed by atoms with Gasteiger partial charge in [0.05, 0.1) is 18.2 Å². The number of hydrogen-bond donors (Lipinski definition) is 1. The van der Waals surface area contributed by atoms with Gasteiger partial charge in [-0.2, -0.15) is 0 Å². The molecule has 0 bridgehead atoms. The Kier molecular flexibility index (Phi) is 6.75. The Morgan fingerprint density at radius 2 is 2.21 bits per heavy atom. The summed E-state index contributed by atoms with van der Waals surface area (Å²) in [6.07, 6.45) is 7.54. The molecule has 0 aliphatic carbocycles. The standard InChI is InChI=1S/C15H20BrNO2/c1-4-5-6-7-19-15-13(16)9-12(8-11(2)17)10-14(15)18-3/h1,9-11H,5-8,17H2,2-3H3. The number of unbranched alkanes of at least 4 members (excludes halogenated alkanes) is 1. The molecule has 0 fully saturated rings. The van der Waals surface area contributed by atoms with Gasteiger partial charge in [0, 0.05) is 12.5 Å². The summed E-state index contributed by atoms with van der Waals surface area (Å²) in [7, 11) is 1.63. The second-order valence-electron chi connectivity index (χ2n) is 4.45. The van der Waals surface area contributed by atoms with Crippen molar-refractivity contribution in [2.45, 2.75) is 32.2 Å². The topological polar surface area (TPSA) is 44.5 Å². The molecule has 1 rings (SSSR count). The first-order valence-electron chi connectivity index (χ1n) is 6.26. The van der Waals surface area contributed by atoms with Crippen molar-refractivity contribution in [2.75, 3.05) is 13.7 Å². The number of methoxy groups -OCH3 is 1. The van der Waals surface area contributed by atoms with Crippen LogP contribution >= 0.6 is 15.9 Å². The number of halogens is 1. The van der Waals surface area contributed by atoms with Crippen LogP contribution in [0.1, 0.15) is 25.3 Å². The minimum absolute atomic E-state index is 0.110. The van der Waals surface area contributed by atoms with Crippen molar-refractivity contribution in [1.82, 2.24) is 0 Å². The SMILES string of the molecule is C#CCCCOc1c(Br)cc(CC(C)N)cc1OC. The molecule has 0 spiro atoms. The molecule has 0 saturated heterocycles. The highest BCUT2D eigenvalue weighted by molar-refractivity contribution is 9.10. The number of benzene rings is 1. The molecule has 0 aliphatic rings. The minimum atomic E-state index is 0.110. The van der Waals surface area contributed by atoms with Crippen molar-refractivity contribution >= 4 is 15.9 Å². The van der Waals surface area contributed by atoms with E-state index in [1.54, 1.807) is 7.11 Å². The third-order valence-corrected chi connectivity index (χ3v) is 3.15. The smallest absolute Gasteiger partial charge is 0.175 e. The second-order valence-corrected chi connectivity index (χ2v) is 5.30. The van der Waals surface area contributed by atoms with Crippen LogP contribution in [0.3, 0.4) is 0 Å². The van der Waals surface area contributed by atoms with Gasteiger partial charge in [-0.05, 0) is 53.4 Å².